The van der Waals surface area contributed by atoms with E-state index in [9.17, 15) is 4.79 Å². The predicted octanol–water partition coefficient (Wildman–Crippen LogP) is 3.07. The number of nitrogens with zero attached hydrogens (tertiary/aromatic N) is 1. The number of amides is 1. The van der Waals surface area contributed by atoms with Crippen LogP contribution in [0.15, 0.2) is 0 Å². The van der Waals surface area contributed by atoms with Gasteiger partial charge in [-0.05, 0) is 32.1 Å². The molecule has 0 radical (unpaired) electrons. The summed E-state index contributed by atoms with van der Waals surface area (Å²) in [4.78, 5) is 14.4. The molecule has 1 saturated heterocycles. The van der Waals surface area contributed by atoms with Crippen LogP contribution in [0.1, 0.15) is 53.9 Å². The van der Waals surface area contributed by atoms with E-state index < -0.39 is 0 Å². The summed E-state index contributed by atoms with van der Waals surface area (Å²) in [6, 6.07) is 0.348. The van der Waals surface area contributed by atoms with Gasteiger partial charge in [0.05, 0.1) is 0 Å². The van der Waals surface area contributed by atoms with Crippen molar-refractivity contribution in [3.8, 4) is 0 Å². The molecule has 0 aromatic carbocycles. The van der Waals surface area contributed by atoms with Crippen LogP contribution in [-0.4, -0.2) is 23.4 Å². The first-order chi connectivity index (χ1) is 6.84. The van der Waals surface area contributed by atoms with Crippen LogP contribution in [0.2, 0.25) is 0 Å². The molecule has 0 N–H and O–H groups in total. The maximum absolute atomic E-state index is 12.4. The summed E-state index contributed by atoms with van der Waals surface area (Å²) in [5.74, 6) is 0.581. The molecular weight excluding hydrogens is 186 g/mol. The quantitative estimate of drug-likeness (QED) is 0.652. The van der Waals surface area contributed by atoms with Crippen molar-refractivity contribution in [1.29, 1.82) is 0 Å². The van der Waals surface area contributed by atoms with Crippen LogP contribution >= 0.6 is 0 Å². The van der Waals surface area contributed by atoms with Crippen molar-refractivity contribution in [1.82, 2.24) is 4.90 Å². The number of rotatable bonds is 1. The maximum Gasteiger partial charge on any atom is 0.226 e. The molecule has 1 aliphatic heterocycles. The SMILES string of the molecule is CC(C)N1CCCCC(C(C)(C)C)C1=O. The Morgan fingerprint density at radius 1 is 1.27 bits per heavy atom. The molecule has 88 valence electrons. The fraction of sp³-hybridized carbons (Fsp3) is 0.923. The predicted molar refractivity (Wildman–Crippen MR) is 63.6 cm³/mol. The third-order valence-electron chi connectivity index (χ3n) is 3.39. The van der Waals surface area contributed by atoms with Crippen molar-refractivity contribution in [2.24, 2.45) is 11.3 Å². The van der Waals surface area contributed by atoms with E-state index in [4.69, 9.17) is 0 Å². The second-order valence-corrected chi connectivity index (χ2v) is 6.04. The number of carbonyl (C=O) groups is 1. The molecule has 0 bridgehead atoms. The highest BCUT2D eigenvalue weighted by Gasteiger charge is 2.36. The zero-order chi connectivity index (χ0) is 11.6. The summed E-state index contributed by atoms with van der Waals surface area (Å²) in [5.41, 5.74) is 0.106. The lowest BCUT2D eigenvalue weighted by atomic mass is 9.77. The summed E-state index contributed by atoms with van der Waals surface area (Å²) in [6.45, 7) is 11.7. The van der Waals surface area contributed by atoms with Crippen LogP contribution in [0.5, 0.6) is 0 Å². The standard InChI is InChI=1S/C13H25NO/c1-10(2)14-9-7-6-8-11(12(14)15)13(3,4)5/h10-11H,6-9H2,1-5H3. The highest BCUT2D eigenvalue weighted by molar-refractivity contribution is 5.80. The van der Waals surface area contributed by atoms with Gasteiger partial charge in [0.25, 0.3) is 0 Å². The third-order valence-corrected chi connectivity index (χ3v) is 3.39. The van der Waals surface area contributed by atoms with Gasteiger partial charge in [-0.3, -0.25) is 4.79 Å². The number of likely N-dealkylation sites (tertiary alicyclic amines) is 1. The number of hydrogen-bond donors (Lipinski definition) is 0. The Hall–Kier alpha value is -0.530. The highest BCUT2D eigenvalue weighted by atomic mass is 16.2. The Morgan fingerprint density at radius 3 is 2.33 bits per heavy atom. The molecule has 1 fully saturated rings. The second kappa shape index (κ2) is 4.54. The van der Waals surface area contributed by atoms with Crippen molar-refractivity contribution >= 4 is 5.91 Å². The van der Waals surface area contributed by atoms with E-state index in [0.29, 0.717) is 11.9 Å². The lowest BCUT2D eigenvalue weighted by Crippen LogP contribution is -2.43. The molecule has 1 atom stereocenters. The molecule has 1 heterocycles. The van der Waals surface area contributed by atoms with E-state index in [2.05, 4.69) is 39.5 Å². The van der Waals surface area contributed by atoms with Crippen molar-refractivity contribution in [3.63, 3.8) is 0 Å². The molecule has 0 saturated carbocycles. The minimum atomic E-state index is 0.106. The Balaban J connectivity index is 2.85. The van der Waals surface area contributed by atoms with E-state index in [1.54, 1.807) is 0 Å². The monoisotopic (exact) mass is 211 g/mol. The van der Waals surface area contributed by atoms with Crippen LogP contribution in [-0.2, 0) is 4.79 Å². The van der Waals surface area contributed by atoms with Gasteiger partial charge in [0.1, 0.15) is 0 Å². The Bertz CT molecular complexity index is 227. The fourth-order valence-corrected chi connectivity index (χ4v) is 2.38. The van der Waals surface area contributed by atoms with E-state index >= 15 is 0 Å². The zero-order valence-electron chi connectivity index (χ0n) is 10.8. The summed E-state index contributed by atoms with van der Waals surface area (Å²) in [6.07, 6.45) is 3.42. The molecular formula is C13H25NO. The van der Waals surface area contributed by atoms with Crippen molar-refractivity contribution in [2.75, 3.05) is 6.54 Å². The number of hydrogen-bond acceptors (Lipinski definition) is 1. The Labute approximate surface area is 94.0 Å². The lowest BCUT2D eigenvalue weighted by Gasteiger charge is -2.34. The van der Waals surface area contributed by atoms with Gasteiger partial charge in [-0.25, -0.2) is 0 Å². The van der Waals surface area contributed by atoms with Gasteiger partial charge < -0.3 is 4.90 Å². The molecule has 1 rings (SSSR count). The average molecular weight is 211 g/mol. The van der Waals surface area contributed by atoms with Gasteiger partial charge in [-0.15, -0.1) is 0 Å². The molecule has 1 aliphatic rings. The average Bonchev–Trinajstić information content (AvgIpc) is 2.25. The van der Waals surface area contributed by atoms with Crippen LogP contribution in [0.4, 0.5) is 0 Å². The van der Waals surface area contributed by atoms with E-state index in [1.807, 2.05) is 0 Å². The Kier molecular flexibility index (Phi) is 3.80. The van der Waals surface area contributed by atoms with E-state index in [0.717, 1.165) is 19.4 Å². The van der Waals surface area contributed by atoms with Gasteiger partial charge in [0, 0.05) is 18.5 Å². The first kappa shape index (κ1) is 12.5. The molecule has 0 aliphatic carbocycles. The summed E-state index contributed by atoms with van der Waals surface area (Å²) >= 11 is 0. The molecule has 2 nitrogen and oxygen atoms in total. The van der Waals surface area contributed by atoms with Crippen LogP contribution in [0, 0.1) is 11.3 Å². The Morgan fingerprint density at radius 2 is 1.87 bits per heavy atom. The van der Waals surface area contributed by atoms with Crippen molar-refractivity contribution in [2.45, 2.75) is 59.9 Å². The molecule has 0 aromatic heterocycles. The molecule has 15 heavy (non-hydrogen) atoms. The summed E-state index contributed by atoms with van der Waals surface area (Å²) in [5, 5.41) is 0. The molecule has 0 spiro atoms. The molecule has 1 unspecified atom stereocenters. The molecule has 1 amide bonds. The highest BCUT2D eigenvalue weighted by Crippen LogP contribution is 2.34. The van der Waals surface area contributed by atoms with Crippen molar-refractivity contribution in [3.05, 3.63) is 0 Å². The fourth-order valence-electron chi connectivity index (χ4n) is 2.38. The van der Waals surface area contributed by atoms with Crippen LogP contribution in [0.25, 0.3) is 0 Å². The van der Waals surface area contributed by atoms with Gasteiger partial charge in [-0.2, -0.15) is 0 Å². The van der Waals surface area contributed by atoms with E-state index in [-0.39, 0.29) is 11.3 Å². The van der Waals surface area contributed by atoms with Gasteiger partial charge in [0.15, 0.2) is 0 Å². The summed E-state index contributed by atoms with van der Waals surface area (Å²) < 4.78 is 0. The topological polar surface area (TPSA) is 20.3 Å². The number of carbonyl (C=O) groups excluding carboxylic acids is 1. The van der Waals surface area contributed by atoms with Gasteiger partial charge >= 0.3 is 0 Å². The maximum atomic E-state index is 12.4. The largest absolute Gasteiger partial charge is 0.340 e. The summed E-state index contributed by atoms with van der Waals surface area (Å²) in [7, 11) is 0. The first-order valence-electron chi connectivity index (χ1n) is 6.14. The van der Waals surface area contributed by atoms with Crippen LogP contribution < -0.4 is 0 Å². The minimum absolute atomic E-state index is 0.106. The van der Waals surface area contributed by atoms with Crippen LogP contribution in [0.3, 0.4) is 0 Å². The minimum Gasteiger partial charge on any atom is -0.340 e. The molecule has 2 heteroatoms. The van der Waals surface area contributed by atoms with Gasteiger partial charge in [0.2, 0.25) is 5.91 Å². The lowest BCUT2D eigenvalue weighted by molar-refractivity contribution is -0.140. The van der Waals surface area contributed by atoms with Gasteiger partial charge in [-0.1, -0.05) is 27.2 Å². The second-order valence-electron chi connectivity index (χ2n) is 6.04. The third kappa shape index (κ3) is 2.96. The normalized spacial score (nSPS) is 24.5. The van der Waals surface area contributed by atoms with Crippen molar-refractivity contribution < 1.29 is 4.79 Å². The zero-order valence-corrected chi connectivity index (χ0v) is 10.8. The molecule has 0 aromatic rings. The smallest absolute Gasteiger partial charge is 0.226 e. The van der Waals surface area contributed by atoms with E-state index in [1.165, 1.54) is 6.42 Å². The first-order valence-corrected chi connectivity index (χ1v) is 6.14.